The molecule has 0 aromatic heterocycles. The number of rotatable bonds is 6. The number of hydrogen-bond acceptors (Lipinski definition) is 4. The molecule has 1 aromatic rings. The number of nitrogens with one attached hydrogen (secondary N) is 1. The lowest BCUT2D eigenvalue weighted by Gasteiger charge is -2.21. The number of hydrogen-bond donors (Lipinski definition) is 2. The Kier molecular flexibility index (Phi) is 8.61. The summed E-state index contributed by atoms with van der Waals surface area (Å²) >= 11 is 0. The van der Waals surface area contributed by atoms with Gasteiger partial charge in [0.1, 0.15) is 6.04 Å². The molecule has 6 nitrogen and oxygen atoms in total. The van der Waals surface area contributed by atoms with E-state index in [0.29, 0.717) is 12.1 Å². The monoisotopic (exact) mass is 315 g/mol. The Morgan fingerprint density at radius 1 is 1.33 bits per heavy atom. The lowest BCUT2D eigenvalue weighted by atomic mass is 10.1. The molecule has 0 spiro atoms. The zero-order valence-electron chi connectivity index (χ0n) is 12.5. The summed E-state index contributed by atoms with van der Waals surface area (Å²) in [4.78, 5) is 24.9. The van der Waals surface area contributed by atoms with Crippen molar-refractivity contribution in [3.05, 3.63) is 35.4 Å². The minimum absolute atomic E-state index is 0. The zero-order valence-corrected chi connectivity index (χ0v) is 13.3. The molecule has 0 fully saturated rings. The van der Waals surface area contributed by atoms with Gasteiger partial charge in [-0.3, -0.25) is 9.59 Å². The van der Waals surface area contributed by atoms with Gasteiger partial charge in [-0.2, -0.15) is 0 Å². The third-order valence-electron chi connectivity index (χ3n) is 2.90. The van der Waals surface area contributed by atoms with Gasteiger partial charge in [0.25, 0.3) is 5.91 Å². The normalized spacial score (nSPS) is 11.2. The van der Waals surface area contributed by atoms with E-state index in [1.54, 1.807) is 31.1 Å². The first-order chi connectivity index (χ1) is 9.49. The van der Waals surface area contributed by atoms with Crippen LogP contribution in [-0.2, 0) is 16.1 Å². The van der Waals surface area contributed by atoms with Crippen LogP contribution in [0.4, 0.5) is 0 Å². The molecular formula is C14H22ClN3O3. The minimum Gasteiger partial charge on any atom is -0.383 e. The summed E-state index contributed by atoms with van der Waals surface area (Å²) in [5.74, 6) is -0.315. The van der Waals surface area contributed by atoms with Crippen LogP contribution < -0.4 is 11.1 Å². The molecule has 2 amide bonds. The smallest absolute Gasteiger partial charge is 0.251 e. The fourth-order valence-electron chi connectivity index (χ4n) is 1.79. The first kappa shape index (κ1) is 19.4. The second kappa shape index (κ2) is 9.33. The number of halogens is 1. The Labute approximate surface area is 131 Å². The average Bonchev–Trinajstić information content (AvgIpc) is 2.46. The third-order valence-corrected chi connectivity index (χ3v) is 2.90. The van der Waals surface area contributed by atoms with Crippen LogP contribution in [0.15, 0.2) is 24.3 Å². The molecule has 118 valence electrons. The minimum atomic E-state index is -0.657. The largest absolute Gasteiger partial charge is 0.383 e. The quantitative estimate of drug-likeness (QED) is 0.796. The van der Waals surface area contributed by atoms with Crippen LogP contribution in [-0.4, -0.2) is 50.6 Å². The highest BCUT2D eigenvalue weighted by molar-refractivity contribution is 5.93. The summed E-state index contributed by atoms with van der Waals surface area (Å²) in [7, 11) is 4.77. The van der Waals surface area contributed by atoms with Crippen molar-refractivity contribution >= 4 is 24.2 Å². The summed E-state index contributed by atoms with van der Waals surface area (Å²) in [6.07, 6.45) is 0. The summed E-state index contributed by atoms with van der Waals surface area (Å²) in [5.41, 5.74) is 7.21. The molecule has 0 radical (unpaired) electrons. The van der Waals surface area contributed by atoms with Crippen LogP contribution in [0.1, 0.15) is 15.9 Å². The molecule has 0 aliphatic carbocycles. The van der Waals surface area contributed by atoms with Crippen LogP contribution in [0.5, 0.6) is 0 Å². The molecule has 0 aliphatic rings. The molecule has 0 saturated carbocycles. The van der Waals surface area contributed by atoms with Crippen molar-refractivity contribution in [3.8, 4) is 0 Å². The van der Waals surface area contributed by atoms with Crippen molar-refractivity contribution in [2.75, 3.05) is 27.8 Å². The Morgan fingerprint density at radius 3 is 2.38 bits per heavy atom. The van der Waals surface area contributed by atoms with Crippen LogP contribution >= 0.6 is 12.4 Å². The lowest BCUT2D eigenvalue weighted by molar-refractivity contribution is -0.132. The summed E-state index contributed by atoms with van der Waals surface area (Å²) in [6, 6.07) is 6.42. The number of carbonyl (C=O) groups is 2. The first-order valence-corrected chi connectivity index (χ1v) is 6.30. The van der Waals surface area contributed by atoms with Crippen molar-refractivity contribution in [1.82, 2.24) is 10.2 Å². The maximum absolute atomic E-state index is 11.9. The molecule has 1 aromatic carbocycles. The molecule has 0 bridgehead atoms. The molecule has 21 heavy (non-hydrogen) atoms. The van der Waals surface area contributed by atoms with Gasteiger partial charge < -0.3 is 20.7 Å². The topological polar surface area (TPSA) is 84.7 Å². The molecule has 1 atom stereocenters. The number of nitrogens with two attached hydrogens (primary N) is 1. The van der Waals surface area contributed by atoms with Crippen molar-refractivity contribution in [2.24, 2.45) is 5.73 Å². The van der Waals surface area contributed by atoms with E-state index in [9.17, 15) is 9.59 Å². The number of likely N-dealkylation sites (N-methyl/N-ethyl adjacent to an activating group) is 1. The maximum atomic E-state index is 11.9. The second-order valence-electron chi connectivity index (χ2n) is 4.53. The van der Waals surface area contributed by atoms with Gasteiger partial charge in [0.2, 0.25) is 5.91 Å². The Hall–Kier alpha value is -1.63. The molecule has 1 unspecified atom stereocenters. The van der Waals surface area contributed by atoms with Crippen LogP contribution in [0.25, 0.3) is 0 Å². The third kappa shape index (κ3) is 5.71. The predicted octanol–water partition coefficient (Wildman–Crippen LogP) is 0.400. The second-order valence-corrected chi connectivity index (χ2v) is 4.53. The highest BCUT2D eigenvalue weighted by Crippen LogP contribution is 2.07. The molecule has 0 aliphatic heterocycles. The fraction of sp³-hybridized carbons (Fsp3) is 0.429. The summed E-state index contributed by atoms with van der Waals surface area (Å²) in [5, 5.41) is 2.55. The van der Waals surface area contributed by atoms with Crippen molar-refractivity contribution in [1.29, 1.82) is 0 Å². The van der Waals surface area contributed by atoms with Crippen molar-refractivity contribution in [2.45, 2.75) is 12.6 Å². The van der Waals surface area contributed by atoms with Gasteiger partial charge in [-0.15, -0.1) is 12.4 Å². The van der Waals surface area contributed by atoms with Gasteiger partial charge in [-0.1, -0.05) is 12.1 Å². The van der Waals surface area contributed by atoms with Gasteiger partial charge in [-0.05, 0) is 17.7 Å². The summed E-state index contributed by atoms with van der Waals surface area (Å²) in [6.45, 7) is 0.628. The van der Waals surface area contributed by atoms with E-state index in [4.69, 9.17) is 10.5 Å². The van der Waals surface area contributed by atoms with Gasteiger partial charge in [0, 0.05) is 33.3 Å². The van der Waals surface area contributed by atoms with E-state index in [-0.39, 0.29) is 30.8 Å². The highest BCUT2D eigenvalue weighted by atomic mass is 35.5. The van der Waals surface area contributed by atoms with E-state index in [1.807, 2.05) is 12.1 Å². The van der Waals surface area contributed by atoms with E-state index >= 15 is 0 Å². The van der Waals surface area contributed by atoms with Crippen LogP contribution in [0.3, 0.4) is 0 Å². The van der Waals surface area contributed by atoms with E-state index in [0.717, 1.165) is 5.56 Å². The zero-order chi connectivity index (χ0) is 15.1. The SMILES string of the molecule is CNC(=O)c1ccc(CN(C)C(=O)C(N)COC)cc1.Cl. The molecule has 0 saturated heterocycles. The lowest BCUT2D eigenvalue weighted by Crippen LogP contribution is -2.44. The van der Waals surface area contributed by atoms with E-state index in [2.05, 4.69) is 5.32 Å². The highest BCUT2D eigenvalue weighted by Gasteiger charge is 2.17. The molecule has 3 N–H and O–H groups in total. The number of amides is 2. The maximum Gasteiger partial charge on any atom is 0.251 e. The van der Waals surface area contributed by atoms with Gasteiger partial charge in [0.05, 0.1) is 6.61 Å². The number of nitrogens with zero attached hydrogens (tertiary/aromatic N) is 1. The van der Waals surface area contributed by atoms with Gasteiger partial charge >= 0.3 is 0 Å². The Bertz CT molecular complexity index is 465. The van der Waals surface area contributed by atoms with Crippen molar-refractivity contribution in [3.63, 3.8) is 0 Å². The summed E-state index contributed by atoms with van der Waals surface area (Å²) < 4.78 is 4.86. The van der Waals surface area contributed by atoms with Gasteiger partial charge in [0.15, 0.2) is 0 Å². The standard InChI is InChI=1S/C14H21N3O3.ClH/c1-16-13(18)11-6-4-10(5-7-11)8-17(2)14(19)12(15)9-20-3;/h4-7,12H,8-9,15H2,1-3H3,(H,16,18);1H. The Morgan fingerprint density at radius 2 is 1.90 bits per heavy atom. The average molecular weight is 316 g/mol. The van der Waals surface area contributed by atoms with Crippen LogP contribution in [0.2, 0.25) is 0 Å². The fourth-order valence-corrected chi connectivity index (χ4v) is 1.79. The molecule has 7 heteroatoms. The van der Waals surface area contributed by atoms with E-state index < -0.39 is 6.04 Å². The van der Waals surface area contributed by atoms with Crippen molar-refractivity contribution < 1.29 is 14.3 Å². The predicted molar refractivity (Wildman–Crippen MR) is 83.4 cm³/mol. The number of benzene rings is 1. The molecule has 1 rings (SSSR count). The Balaban J connectivity index is 0.00000400. The van der Waals surface area contributed by atoms with Crippen LogP contribution in [0, 0.1) is 0 Å². The number of carbonyl (C=O) groups excluding carboxylic acids is 2. The molecular weight excluding hydrogens is 294 g/mol. The van der Waals surface area contributed by atoms with E-state index in [1.165, 1.54) is 7.11 Å². The molecule has 0 heterocycles. The number of methoxy groups -OCH3 is 1. The number of ether oxygens (including phenoxy) is 1. The first-order valence-electron chi connectivity index (χ1n) is 6.30. The van der Waals surface area contributed by atoms with Gasteiger partial charge in [-0.25, -0.2) is 0 Å².